The molecule has 0 radical (unpaired) electrons. The van der Waals surface area contributed by atoms with Crippen molar-refractivity contribution >= 4 is 10.9 Å². The molecule has 108 valence electrons. The minimum atomic E-state index is -4.52. The largest absolute Gasteiger partial charge is 0.417 e. The lowest BCUT2D eigenvalue weighted by atomic mass is 10.0. The Labute approximate surface area is 114 Å². The molecule has 1 aromatic carbocycles. The van der Waals surface area contributed by atoms with Gasteiger partial charge in [-0.2, -0.15) is 13.2 Å². The number of benzene rings is 1. The molecule has 0 saturated heterocycles. The smallest absolute Gasteiger partial charge is 0.308 e. The minimum Gasteiger partial charge on any atom is -0.308 e. The van der Waals surface area contributed by atoms with Gasteiger partial charge < -0.3 is 4.57 Å². The van der Waals surface area contributed by atoms with Gasteiger partial charge in [0.05, 0.1) is 11.1 Å². The van der Waals surface area contributed by atoms with Crippen molar-refractivity contribution < 1.29 is 13.2 Å². The molecule has 2 rings (SSSR count). The average Bonchev–Trinajstić information content (AvgIpc) is 2.39. The van der Waals surface area contributed by atoms with E-state index in [-0.39, 0.29) is 5.39 Å². The number of halogens is 3. The molecule has 0 fully saturated rings. The van der Waals surface area contributed by atoms with Gasteiger partial charge in [-0.3, -0.25) is 4.79 Å². The van der Waals surface area contributed by atoms with Gasteiger partial charge in [0.2, 0.25) is 0 Å². The topological polar surface area (TPSA) is 22.0 Å². The van der Waals surface area contributed by atoms with E-state index < -0.39 is 17.3 Å². The van der Waals surface area contributed by atoms with E-state index in [2.05, 4.69) is 0 Å². The van der Waals surface area contributed by atoms with Crippen molar-refractivity contribution in [3.8, 4) is 0 Å². The molecule has 0 amide bonds. The number of aryl methyl sites for hydroxylation is 2. The lowest BCUT2D eigenvalue weighted by molar-refractivity contribution is -0.136. The van der Waals surface area contributed by atoms with Gasteiger partial charge in [0.1, 0.15) is 0 Å². The number of alkyl halides is 3. The minimum absolute atomic E-state index is 0.102. The summed E-state index contributed by atoms with van der Waals surface area (Å²) in [5, 5.41) is 0.102. The number of rotatable bonds is 3. The number of nitrogens with zero attached hydrogens (tertiary/aromatic N) is 1. The molecule has 0 aliphatic carbocycles. The highest BCUT2D eigenvalue weighted by atomic mass is 19.4. The molecule has 0 atom stereocenters. The van der Waals surface area contributed by atoms with Crippen LogP contribution in [0.5, 0.6) is 0 Å². The van der Waals surface area contributed by atoms with E-state index in [1.807, 2.05) is 13.8 Å². The highest BCUT2D eigenvalue weighted by Crippen LogP contribution is 2.34. The van der Waals surface area contributed by atoms with Crippen molar-refractivity contribution in [2.75, 3.05) is 0 Å². The molecule has 0 bridgehead atoms. The van der Waals surface area contributed by atoms with Crippen molar-refractivity contribution in [2.24, 2.45) is 0 Å². The molecular weight excluding hydrogens is 267 g/mol. The van der Waals surface area contributed by atoms with Crippen LogP contribution in [0.15, 0.2) is 29.1 Å². The number of pyridine rings is 1. The van der Waals surface area contributed by atoms with E-state index in [9.17, 15) is 18.0 Å². The Bertz CT molecular complexity index is 686. The number of fused-ring (bicyclic) bond motifs is 1. The third-order valence-corrected chi connectivity index (χ3v) is 3.34. The fourth-order valence-electron chi connectivity index (χ4n) is 2.34. The molecule has 1 heterocycles. The second kappa shape index (κ2) is 5.31. The fraction of sp³-hybridized carbons (Fsp3) is 0.400. The molecular formula is C15H16F3NO. The molecule has 0 unspecified atom stereocenters. The first-order valence-electron chi connectivity index (χ1n) is 6.62. The Kier molecular flexibility index (Phi) is 3.88. The van der Waals surface area contributed by atoms with Crippen molar-refractivity contribution in [1.82, 2.24) is 4.57 Å². The van der Waals surface area contributed by atoms with Crippen molar-refractivity contribution in [3.05, 3.63) is 45.7 Å². The van der Waals surface area contributed by atoms with E-state index in [1.54, 1.807) is 12.1 Å². The summed E-state index contributed by atoms with van der Waals surface area (Å²) in [5.41, 5.74) is -0.273. The lowest BCUT2D eigenvalue weighted by Gasteiger charge is -2.15. The molecule has 0 aliphatic heterocycles. The van der Waals surface area contributed by atoms with E-state index in [4.69, 9.17) is 0 Å². The van der Waals surface area contributed by atoms with E-state index >= 15 is 0 Å². The predicted molar refractivity (Wildman–Crippen MR) is 72.9 cm³/mol. The van der Waals surface area contributed by atoms with Gasteiger partial charge in [0, 0.05) is 18.0 Å². The normalized spacial score (nSPS) is 12.1. The molecule has 0 N–H and O–H groups in total. The highest BCUT2D eigenvalue weighted by molar-refractivity contribution is 5.84. The van der Waals surface area contributed by atoms with Crippen LogP contribution in [0.2, 0.25) is 0 Å². The Hall–Kier alpha value is -1.78. The van der Waals surface area contributed by atoms with Gasteiger partial charge in [0.25, 0.3) is 5.56 Å². The standard InChI is InChI=1S/C15H16F3NO/c1-3-7-19-13-6-5-10(4-2)8-11(13)12(9-14(19)20)15(16,17)18/h5-6,8-9H,3-4,7H2,1-2H3. The summed E-state index contributed by atoms with van der Waals surface area (Å²) in [5.74, 6) is 0. The van der Waals surface area contributed by atoms with Crippen LogP contribution in [0, 0.1) is 0 Å². The van der Waals surface area contributed by atoms with Gasteiger partial charge >= 0.3 is 6.18 Å². The summed E-state index contributed by atoms with van der Waals surface area (Å²) in [4.78, 5) is 11.9. The van der Waals surface area contributed by atoms with Gasteiger partial charge in [0.15, 0.2) is 0 Å². The van der Waals surface area contributed by atoms with Crippen LogP contribution in [-0.2, 0) is 19.1 Å². The molecule has 0 saturated carbocycles. The first-order chi connectivity index (χ1) is 9.38. The highest BCUT2D eigenvalue weighted by Gasteiger charge is 2.33. The molecule has 2 aromatic rings. The van der Waals surface area contributed by atoms with Gasteiger partial charge in [-0.1, -0.05) is 19.9 Å². The molecule has 2 nitrogen and oxygen atoms in total. The van der Waals surface area contributed by atoms with E-state index in [1.165, 1.54) is 10.6 Å². The first kappa shape index (κ1) is 14.6. The fourth-order valence-corrected chi connectivity index (χ4v) is 2.34. The summed E-state index contributed by atoms with van der Waals surface area (Å²) in [6.45, 7) is 4.19. The van der Waals surface area contributed by atoms with Gasteiger partial charge in [-0.25, -0.2) is 0 Å². The Morgan fingerprint density at radius 2 is 1.85 bits per heavy atom. The van der Waals surface area contributed by atoms with E-state index in [0.717, 1.165) is 5.56 Å². The average molecular weight is 283 g/mol. The monoisotopic (exact) mass is 283 g/mol. The van der Waals surface area contributed by atoms with Crippen LogP contribution in [0.3, 0.4) is 0 Å². The maximum Gasteiger partial charge on any atom is 0.417 e. The Morgan fingerprint density at radius 3 is 2.40 bits per heavy atom. The number of hydrogen-bond acceptors (Lipinski definition) is 1. The lowest BCUT2D eigenvalue weighted by Crippen LogP contribution is -2.23. The van der Waals surface area contributed by atoms with Crippen molar-refractivity contribution in [1.29, 1.82) is 0 Å². The van der Waals surface area contributed by atoms with Crippen molar-refractivity contribution in [2.45, 2.75) is 39.4 Å². The quantitative estimate of drug-likeness (QED) is 0.834. The van der Waals surface area contributed by atoms with Crippen LogP contribution in [0.4, 0.5) is 13.2 Å². The summed E-state index contributed by atoms with van der Waals surface area (Å²) in [6, 6.07) is 5.62. The maximum absolute atomic E-state index is 13.1. The molecule has 5 heteroatoms. The third-order valence-electron chi connectivity index (χ3n) is 3.34. The zero-order valence-electron chi connectivity index (χ0n) is 11.4. The zero-order chi connectivity index (χ0) is 14.9. The second-order valence-electron chi connectivity index (χ2n) is 4.75. The Balaban J connectivity index is 2.87. The van der Waals surface area contributed by atoms with Crippen LogP contribution in [0.1, 0.15) is 31.4 Å². The van der Waals surface area contributed by atoms with Crippen molar-refractivity contribution in [3.63, 3.8) is 0 Å². The summed E-state index contributed by atoms with van der Waals surface area (Å²) < 4.78 is 40.7. The number of hydrogen-bond donors (Lipinski definition) is 0. The SMILES string of the molecule is CCCn1c(=O)cc(C(F)(F)F)c2cc(CC)ccc21. The summed E-state index contributed by atoms with van der Waals surface area (Å²) in [7, 11) is 0. The van der Waals surface area contributed by atoms with Gasteiger partial charge in [-0.15, -0.1) is 0 Å². The first-order valence-corrected chi connectivity index (χ1v) is 6.62. The van der Waals surface area contributed by atoms with Crippen LogP contribution < -0.4 is 5.56 Å². The van der Waals surface area contributed by atoms with Crippen LogP contribution in [-0.4, -0.2) is 4.57 Å². The summed E-state index contributed by atoms with van der Waals surface area (Å²) in [6.07, 6.45) is -3.18. The number of aromatic nitrogens is 1. The zero-order valence-corrected chi connectivity index (χ0v) is 11.4. The molecule has 0 spiro atoms. The maximum atomic E-state index is 13.1. The molecule has 1 aromatic heterocycles. The molecule has 20 heavy (non-hydrogen) atoms. The molecule has 0 aliphatic rings. The third kappa shape index (κ3) is 2.57. The summed E-state index contributed by atoms with van der Waals surface area (Å²) >= 11 is 0. The second-order valence-corrected chi connectivity index (χ2v) is 4.75. The van der Waals surface area contributed by atoms with Gasteiger partial charge in [-0.05, 0) is 30.5 Å². The van der Waals surface area contributed by atoms with E-state index in [0.29, 0.717) is 31.0 Å². The Morgan fingerprint density at radius 1 is 1.15 bits per heavy atom. The van der Waals surface area contributed by atoms with Crippen LogP contribution in [0.25, 0.3) is 10.9 Å². The predicted octanol–water partition coefficient (Wildman–Crippen LogP) is 3.99. The van der Waals surface area contributed by atoms with Crippen LogP contribution >= 0.6 is 0 Å².